The highest BCUT2D eigenvalue weighted by Crippen LogP contribution is 2.23. The third-order valence-electron chi connectivity index (χ3n) is 2.22. The second-order valence-corrected chi connectivity index (χ2v) is 3.92. The van der Waals surface area contributed by atoms with Gasteiger partial charge in [0.1, 0.15) is 18.3 Å². The molecule has 1 aliphatic rings. The lowest BCUT2D eigenvalue weighted by Crippen LogP contribution is -2.60. The lowest BCUT2D eigenvalue weighted by molar-refractivity contribution is -0.301. The third kappa shape index (κ3) is 2.69. The van der Waals surface area contributed by atoms with Crippen LogP contribution in [-0.4, -0.2) is 63.2 Å². The van der Waals surface area contributed by atoms with Gasteiger partial charge in [0.05, 0.1) is 6.10 Å². The summed E-state index contributed by atoms with van der Waals surface area (Å²) >= 11 is 0. The summed E-state index contributed by atoms with van der Waals surface area (Å²) in [6.45, 7) is 3.34. The third-order valence-corrected chi connectivity index (χ3v) is 2.22. The van der Waals surface area contributed by atoms with E-state index in [1.165, 1.54) is 0 Å². The SMILES string of the molecule is CC(C)O[C@@H]1OC(C(=O)O)[C@H](O)[C@H](O)C1O. The van der Waals surface area contributed by atoms with Crippen LogP contribution in [0.3, 0.4) is 0 Å². The van der Waals surface area contributed by atoms with E-state index >= 15 is 0 Å². The molecule has 0 bridgehead atoms. The van der Waals surface area contributed by atoms with Crippen molar-refractivity contribution in [2.75, 3.05) is 0 Å². The summed E-state index contributed by atoms with van der Waals surface area (Å²) in [5, 5.41) is 37.0. The van der Waals surface area contributed by atoms with E-state index in [1.54, 1.807) is 13.8 Å². The number of hydrogen-bond donors (Lipinski definition) is 4. The smallest absolute Gasteiger partial charge is 0.335 e. The molecule has 0 amide bonds. The van der Waals surface area contributed by atoms with E-state index in [2.05, 4.69) is 0 Å². The van der Waals surface area contributed by atoms with E-state index in [0.29, 0.717) is 0 Å². The zero-order chi connectivity index (χ0) is 12.5. The lowest BCUT2D eigenvalue weighted by Gasteiger charge is -2.39. The highest BCUT2D eigenvalue weighted by atomic mass is 16.7. The molecule has 7 heteroatoms. The summed E-state index contributed by atoms with van der Waals surface area (Å²) in [6, 6.07) is 0. The van der Waals surface area contributed by atoms with Gasteiger partial charge in [-0.1, -0.05) is 0 Å². The number of hydrogen-bond acceptors (Lipinski definition) is 6. The summed E-state index contributed by atoms with van der Waals surface area (Å²) in [4.78, 5) is 10.7. The molecule has 1 saturated heterocycles. The summed E-state index contributed by atoms with van der Waals surface area (Å²) in [5.74, 6) is -1.42. The minimum Gasteiger partial charge on any atom is -0.479 e. The number of carboxylic acid groups (broad SMARTS) is 1. The molecule has 0 aromatic heterocycles. The lowest BCUT2D eigenvalue weighted by atomic mass is 9.99. The van der Waals surface area contributed by atoms with Crippen LogP contribution in [0.2, 0.25) is 0 Å². The molecule has 94 valence electrons. The Morgan fingerprint density at radius 1 is 1.19 bits per heavy atom. The van der Waals surface area contributed by atoms with Crippen LogP contribution in [-0.2, 0) is 14.3 Å². The standard InChI is InChI=1S/C9H16O7/c1-3(2)15-9-6(12)4(10)5(11)7(16-9)8(13)14/h3-7,9-12H,1-2H3,(H,13,14)/t4-,5+,6?,7?,9+/m0/s1. The Morgan fingerprint density at radius 3 is 2.19 bits per heavy atom. The van der Waals surface area contributed by atoms with Crippen LogP contribution in [0.15, 0.2) is 0 Å². The number of rotatable bonds is 3. The van der Waals surface area contributed by atoms with Gasteiger partial charge < -0.3 is 29.9 Å². The van der Waals surface area contributed by atoms with Gasteiger partial charge in [-0.15, -0.1) is 0 Å². The first kappa shape index (κ1) is 13.3. The molecule has 2 unspecified atom stereocenters. The predicted octanol–water partition coefficient (Wildman–Crippen LogP) is -1.70. The molecule has 0 radical (unpaired) electrons. The van der Waals surface area contributed by atoms with Crippen molar-refractivity contribution in [1.29, 1.82) is 0 Å². The van der Waals surface area contributed by atoms with Gasteiger partial charge in [-0.2, -0.15) is 0 Å². The minimum absolute atomic E-state index is 0.309. The van der Waals surface area contributed by atoms with Crippen LogP contribution in [0.1, 0.15) is 13.8 Å². The van der Waals surface area contributed by atoms with Gasteiger partial charge in [-0.25, -0.2) is 4.79 Å². The molecule has 7 nitrogen and oxygen atoms in total. The number of carbonyl (C=O) groups is 1. The molecule has 4 N–H and O–H groups in total. The van der Waals surface area contributed by atoms with Crippen LogP contribution in [0.4, 0.5) is 0 Å². The number of aliphatic carboxylic acids is 1. The fourth-order valence-electron chi connectivity index (χ4n) is 1.43. The fraction of sp³-hybridized carbons (Fsp3) is 0.889. The van der Waals surface area contributed by atoms with Crippen LogP contribution in [0.5, 0.6) is 0 Å². The van der Waals surface area contributed by atoms with Crippen molar-refractivity contribution in [2.24, 2.45) is 0 Å². The largest absolute Gasteiger partial charge is 0.479 e. The Kier molecular flexibility index (Phi) is 4.22. The monoisotopic (exact) mass is 236 g/mol. The second-order valence-electron chi connectivity index (χ2n) is 3.92. The van der Waals surface area contributed by atoms with Crippen LogP contribution < -0.4 is 0 Å². The first-order valence-electron chi connectivity index (χ1n) is 4.92. The highest BCUT2D eigenvalue weighted by molar-refractivity contribution is 5.73. The van der Waals surface area contributed by atoms with Crippen LogP contribution in [0.25, 0.3) is 0 Å². The van der Waals surface area contributed by atoms with Crippen molar-refractivity contribution >= 4 is 5.97 Å². The maximum atomic E-state index is 10.7. The average Bonchev–Trinajstić information content (AvgIpc) is 2.18. The summed E-state index contributed by atoms with van der Waals surface area (Å²) in [5.41, 5.74) is 0. The van der Waals surface area contributed by atoms with E-state index in [1.807, 2.05) is 0 Å². The van der Waals surface area contributed by atoms with Gasteiger partial charge in [0, 0.05) is 0 Å². The highest BCUT2D eigenvalue weighted by Gasteiger charge is 2.47. The first-order valence-corrected chi connectivity index (χ1v) is 4.92. The zero-order valence-electron chi connectivity index (χ0n) is 8.98. The molecule has 0 aliphatic carbocycles. The molecule has 16 heavy (non-hydrogen) atoms. The maximum Gasteiger partial charge on any atom is 0.335 e. The van der Waals surface area contributed by atoms with Crippen LogP contribution in [0, 0.1) is 0 Å². The molecule has 0 saturated carbocycles. The number of ether oxygens (including phenoxy) is 2. The van der Waals surface area contributed by atoms with E-state index in [9.17, 15) is 20.1 Å². The molecule has 1 rings (SSSR count). The van der Waals surface area contributed by atoms with Gasteiger partial charge in [-0.3, -0.25) is 0 Å². The number of aliphatic hydroxyl groups excluding tert-OH is 3. The molecule has 1 heterocycles. The maximum absolute atomic E-state index is 10.7. The van der Waals surface area contributed by atoms with E-state index in [0.717, 1.165) is 0 Å². The summed E-state index contributed by atoms with van der Waals surface area (Å²) < 4.78 is 9.97. The Labute approximate surface area is 92.2 Å². The molecule has 0 spiro atoms. The van der Waals surface area contributed by atoms with Gasteiger partial charge in [0.15, 0.2) is 12.4 Å². The topological polar surface area (TPSA) is 116 Å². The van der Waals surface area contributed by atoms with Crippen molar-refractivity contribution < 1.29 is 34.7 Å². The molecular formula is C9H16O7. The molecule has 0 aromatic rings. The van der Waals surface area contributed by atoms with Gasteiger partial charge in [-0.05, 0) is 13.8 Å². The van der Waals surface area contributed by atoms with Crippen molar-refractivity contribution in [1.82, 2.24) is 0 Å². The van der Waals surface area contributed by atoms with Gasteiger partial charge >= 0.3 is 5.97 Å². The second kappa shape index (κ2) is 5.07. The normalized spacial score (nSPS) is 40.0. The number of aliphatic hydroxyl groups is 3. The number of carboxylic acids is 1. The van der Waals surface area contributed by atoms with E-state index in [-0.39, 0.29) is 6.10 Å². The predicted molar refractivity (Wildman–Crippen MR) is 50.5 cm³/mol. The van der Waals surface area contributed by atoms with E-state index < -0.39 is 36.7 Å². The van der Waals surface area contributed by atoms with Crippen molar-refractivity contribution in [3.63, 3.8) is 0 Å². The molecular weight excluding hydrogens is 220 g/mol. The van der Waals surface area contributed by atoms with Gasteiger partial charge in [0.2, 0.25) is 0 Å². The van der Waals surface area contributed by atoms with Crippen molar-refractivity contribution in [3.8, 4) is 0 Å². The Hall–Kier alpha value is -0.730. The zero-order valence-corrected chi connectivity index (χ0v) is 8.98. The average molecular weight is 236 g/mol. The summed E-state index contributed by atoms with van der Waals surface area (Å²) in [7, 11) is 0. The summed E-state index contributed by atoms with van der Waals surface area (Å²) in [6.07, 6.45) is -7.95. The van der Waals surface area contributed by atoms with Crippen molar-refractivity contribution in [2.45, 2.75) is 50.7 Å². The molecule has 1 fully saturated rings. The van der Waals surface area contributed by atoms with Crippen LogP contribution >= 0.6 is 0 Å². The quantitative estimate of drug-likeness (QED) is 0.461. The van der Waals surface area contributed by atoms with Gasteiger partial charge in [0.25, 0.3) is 0 Å². The molecule has 5 atom stereocenters. The van der Waals surface area contributed by atoms with E-state index in [4.69, 9.17) is 14.6 Å². The molecule has 1 aliphatic heterocycles. The first-order chi connectivity index (χ1) is 7.34. The Balaban J connectivity index is 2.77. The Morgan fingerprint density at radius 2 is 1.75 bits per heavy atom. The molecule has 0 aromatic carbocycles. The fourth-order valence-corrected chi connectivity index (χ4v) is 1.43. The van der Waals surface area contributed by atoms with Crippen molar-refractivity contribution in [3.05, 3.63) is 0 Å². The Bertz CT molecular complexity index is 254. The minimum atomic E-state index is -1.68.